The lowest BCUT2D eigenvalue weighted by atomic mass is 10.1. The monoisotopic (exact) mass is 337 g/mol. The Bertz CT molecular complexity index is 637. The summed E-state index contributed by atoms with van der Waals surface area (Å²) in [4.78, 5) is 28.4. The molecule has 0 saturated carbocycles. The van der Waals surface area contributed by atoms with E-state index >= 15 is 0 Å². The second-order valence-electron chi connectivity index (χ2n) is 5.94. The van der Waals surface area contributed by atoms with Crippen LogP contribution in [0.4, 0.5) is 10.5 Å². The Labute approximate surface area is 140 Å². The van der Waals surface area contributed by atoms with Crippen LogP contribution in [0.5, 0.6) is 5.75 Å². The number of benzene rings is 1. The van der Waals surface area contributed by atoms with E-state index in [0.29, 0.717) is 23.0 Å². The first kappa shape index (κ1) is 15.9. The molecule has 0 aromatic heterocycles. The van der Waals surface area contributed by atoms with Gasteiger partial charge in [-0.15, -0.1) is 0 Å². The molecular formula is C16H20ClN3O3. The maximum Gasteiger partial charge on any atom is 0.322 e. The highest BCUT2D eigenvalue weighted by atomic mass is 35.5. The first-order valence-corrected chi connectivity index (χ1v) is 8.10. The molecule has 2 unspecified atom stereocenters. The molecule has 2 saturated heterocycles. The smallest absolute Gasteiger partial charge is 0.322 e. The predicted molar refractivity (Wildman–Crippen MR) is 87.9 cm³/mol. The van der Waals surface area contributed by atoms with Crippen LogP contribution in [0, 0.1) is 0 Å². The highest BCUT2D eigenvalue weighted by Crippen LogP contribution is 2.29. The van der Waals surface area contributed by atoms with Crippen LogP contribution in [0.3, 0.4) is 0 Å². The summed E-state index contributed by atoms with van der Waals surface area (Å²) in [5.41, 5.74) is 0.578. The maximum absolute atomic E-state index is 12.5. The number of amides is 3. The Hall–Kier alpha value is -1.95. The van der Waals surface area contributed by atoms with E-state index in [1.165, 1.54) is 7.11 Å². The minimum absolute atomic E-state index is 0.0293. The van der Waals surface area contributed by atoms with Crippen molar-refractivity contribution in [2.75, 3.05) is 25.5 Å². The fourth-order valence-corrected chi connectivity index (χ4v) is 3.53. The lowest BCUT2D eigenvalue weighted by molar-refractivity contribution is -0.140. The van der Waals surface area contributed by atoms with Crippen LogP contribution in [-0.2, 0) is 4.79 Å². The summed E-state index contributed by atoms with van der Waals surface area (Å²) < 4.78 is 5.09. The lowest BCUT2D eigenvalue weighted by Crippen LogP contribution is -2.60. The largest absolute Gasteiger partial charge is 0.495 e. The van der Waals surface area contributed by atoms with E-state index in [-0.39, 0.29) is 18.0 Å². The van der Waals surface area contributed by atoms with Crippen LogP contribution < -0.4 is 10.1 Å². The van der Waals surface area contributed by atoms with Crippen LogP contribution in [0.25, 0.3) is 0 Å². The van der Waals surface area contributed by atoms with Crippen LogP contribution in [0.15, 0.2) is 18.2 Å². The van der Waals surface area contributed by atoms with Gasteiger partial charge in [-0.25, -0.2) is 4.79 Å². The number of piperazine rings is 1. The molecule has 3 amide bonds. The molecule has 1 aromatic carbocycles. The maximum atomic E-state index is 12.5. The molecule has 1 aromatic rings. The molecule has 2 atom stereocenters. The van der Waals surface area contributed by atoms with Gasteiger partial charge in [-0.2, -0.15) is 0 Å². The molecule has 2 aliphatic rings. The molecule has 0 bridgehead atoms. The Morgan fingerprint density at radius 2 is 2.22 bits per heavy atom. The van der Waals surface area contributed by atoms with Crippen LogP contribution in [-0.4, -0.2) is 54.0 Å². The van der Waals surface area contributed by atoms with E-state index < -0.39 is 6.04 Å². The van der Waals surface area contributed by atoms with Crippen molar-refractivity contribution in [2.45, 2.75) is 31.8 Å². The minimum Gasteiger partial charge on any atom is -0.495 e. The van der Waals surface area contributed by atoms with E-state index in [2.05, 4.69) is 5.32 Å². The van der Waals surface area contributed by atoms with Gasteiger partial charge in [0.25, 0.3) is 0 Å². The SMILES string of the molecule is COc1ccc(NC(=O)N2CC3CCCN3C(=O)C2C)cc1Cl. The number of carbonyl (C=O) groups excluding carboxylic acids is 2. The quantitative estimate of drug-likeness (QED) is 0.902. The number of nitrogens with one attached hydrogen (secondary N) is 1. The lowest BCUT2D eigenvalue weighted by Gasteiger charge is -2.41. The van der Waals surface area contributed by atoms with E-state index in [0.717, 1.165) is 19.4 Å². The number of ether oxygens (including phenoxy) is 1. The normalized spacial score (nSPS) is 23.7. The molecule has 1 N–H and O–H groups in total. The molecule has 3 rings (SSSR count). The fourth-order valence-electron chi connectivity index (χ4n) is 3.27. The first-order chi connectivity index (χ1) is 11.0. The van der Waals surface area contributed by atoms with E-state index in [1.807, 2.05) is 4.90 Å². The third kappa shape index (κ3) is 2.95. The van der Waals surface area contributed by atoms with Gasteiger partial charge in [0.2, 0.25) is 5.91 Å². The first-order valence-electron chi connectivity index (χ1n) is 7.73. The summed E-state index contributed by atoms with van der Waals surface area (Å²) in [6, 6.07) is 4.47. The number of hydrogen-bond donors (Lipinski definition) is 1. The molecule has 7 heteroatoms. The van der Waals surface area contributed by atoms with Crippen molar-refractivity contribution >= 4 is 29.2 Å². The van der Waals surface area contributed by atoms with Gasteiger partial charge in [0.1, 0.15) is 11.8 Å². The summed E-state index contributed by atoms with van der Waals surface area (Å²) in [5, 5.41) is 3.24. The van der Waals surface area contributed by atoms with Crippen molar-refractivity contribution < 1.29 is 14.3 Å². The Morgan fingerprint density at radius 3 is 2.91 bits per heavy atom. The number of hydrogen-bond acceptors (Lipinski definition) is 3. The van der Waals surface area contributed by atoms with E-state index in [4.69, 9.17) is 16.3 Å². The molecule has 0 spiro atoms. The number of urea groups is 1. The number of anilines is 1. The topological polar surface area (TPSA) is 61.9 Å². The summed E-state index contributed by atoms with van der Waals surface area (Å²) in [7, 11) is 1.54. The Balaban J connectivity index is 1.72. The number of carbonyl (C=O) groups is 2. The predicted octanol–water partition coefficient (Wildman–Crippen LogP) is 2.58. The van der Waals surface area contributed by atoms with Gasteiger partial charge in [0.05, 0.1) is 12.1 Å². The molecule has 23 heavy (non-hydrogen) atoms. The third-order valence-corrected chi connectivity index (χ3v) is 4.85. The number of halogens is 1. The highest BCUT2D eigenvalue weighted by molar-refractivity contribution is 6.32. The summed E-state index contributed by atoms with van der Waals surface area (Å²) >= 11 is 6.07. The molecule has 0 radical (unpaired) electrons. The minimum atomic E-state index is -0.446. The van der Waals surface area contributed by atoms with E-state index in [1.54, 1.807) is 30.0 Å². The molecule has 2 heterocycles. The zero-order chi connectivity index (χ0) is 16.6. The average molecular weight is 338 g/mol. The van der Waals surface area contributed by atoms with Crippen molar-refractivity contribution in [1.82, 2.24) is 9.80 Å². The Morgan fingerprint density at radius 1 is 1.43 bits per heavy atom. The summed E-state index contributed by atoms with van der Waals surface area (Å²) in [6.45, 7) is 3.15. The van der Waals surface area contributed by atoms with Crippen molar-refractivity contribution in [1.29, 1.82) is 0 Å². The van der Waals surface area contributed by atoms with Gasteiger partial charge in [0, 0.05) is 24.8 Å². The zero-order valence-electron chi connectivity index (χ0n) is 13.2. The van der Waals surface area contributed by atoms with Crippen molar-refractivity contribution in [3.8, 4) is 5.75 Å². The highest BCUT2D eigenvalue weighted by Gasteiger charge is 2.42. The van der Waals surface area contributed by atoms with Gasteiger partial charge in [-0.05, 0) is 38.0 Å². The standard InChI is InChI=1S/C16H20ClN3O3/c1-10-15(21)19-7-3-4-12(19)9-20(10)16(22)18-11-5-6-14(23-2)13(17)8-11/h5-6,8,10,12H,3-4,7,9H2,1-2H3,(H,18,22). The van der Waals surface area contributed by atoms with Crippen molar-refractivity contribution in [3.63, 3.8) is 0 Å². The third-order valence-electron chi connectivity index (χ3n) is 4.56. The van der Waals surface area contributed by atoms with Crippen LogP contribution >= 0.6 is 11.6 Å². The van der Waals surface area contributed by atoms with Gasteiger partial charge in [-0.3, -0.25) is 4.79 Å². The molecule has 6 nitrogen and oxygen atoms in total. The van der Waals surface area contributed by atoms with Crippen molar-refractivity contribution in [3.05, 3.63) is 23.2 Å². The van der Waals surface area contributed by atoms with Crippen LogP contribution in [0.1, 0.15) is 19.8 Å². The molecular weight excluding hydrogens is 318 g/mol. The van der Waals surface area contributed by atoms with Gasteiger partial charge >= 0.3 is 6.03 Å². The van der Waals surface area contributed by atoms with Crippen LogP contribution in [0.2, 0.25) is 5.02 Å². The van der Waals surface area contributed by atoms with Crippen molar-refractivity contribution in [2.24, 2.45) is 0 Å². The molecule has 2 fully saturated rings. The molecule has 0 aliphatic carbocycles. The Kier molecular flexibility index (Phi) is 4.35. The van der Waals surface area contributed by atoms with Gasteiger partial charge in [0.15, 0.2) is 0 Å². The molecule has 124 valence electrons. The second-order valence-corrected chi connectivity index (χ2v) is 6.34. The summed E-state index contributed by atoms with van der Waals surface area (Å²) in [6.07, 6.45) is 1.96. The number of nitrogens with zero attached hydrogens (tertiary/aromatic N) is 2. The van der Waals surface area contributed by atoms with E-state index in [9.17, 15) is 9.59 Å². The molecule has 2 aliphatic heterocycles. The summed E-state index contributed by atoms with van der Waals surface area (Å²) in [5.74, 6) is 0.578. The number of methoxy groups -OCH3 is 1. The second kappa shape index (κ2) is 6.28. The fraction of sp³-hybridized carbons (Fsp3) is 0.500. The van der Waals surface area contributed by atoms with Gasteiger partial charge < -0.3 is 19.9 Å². The number of fused-ring (bicyclic) bond motifs is 1. The zero-order valence-corrected chi connectivity index (χ0v) is 14.0. The van der Waals surface area contributed by atoms with Gasteiger partial charge in [-0.1, -0.05) is 11.6 Å². The average Bonchev–Trinajstić information content (AvgIpc) is 2.99. The number of rotatable bonds is 2.